The zero-order chi connectivity index (χ0) is 16.7. The van der Waals surface area contributed by atoms with Gasteiger partial charge in [-0.05, 0) is 35.4 Å². The van der Waals surface area contributed by atoms with Gasteiger partial charge in [-0.15, -0.1) is 12.4 Å². The Bertz CT molecular complexity index is 657. The molecule has 0 aliphatic rings. The first-order valence-electron chi connectivity index (χ1n) is 5.94. The van der Waals surface area contributed by atoms with Gasteiger partial charge in [-0.1, -0.05) is 12.1 Å². The second kappa shape index (κ2) is 6.19. The second-order valence-corrected chi connectivity index (χ2v) is 4.60. The lowest BCUT2D eigenvalue weighted by molar-refractivity contribution is -0.141. The standard InChI is InChI=1S/C14H10F6N2.ClH/c15-13(16,17)10-5-8(7-1-3-9(21)4-2-7)6-11(12(10)22)14(18,19)20;/h1-6H,21-22H2;1H. The molecular formula is C14H11ClF6N2. The first-order chi connectivity index (χ1) is 10.00. The number of nitrogens with two attached hydrogens (primary N) is 2. The SMILES string of the molecule is Cl.Nc1ccc(-c2cc(C(F)(F)F)c(N)c(C(F)(F)F)c2)cc1. The van der Waals surface area contributed by atoms with Crippen molar-refractivity contribution < 1.29 is 26.3 Å². The van der Waals surface area contributed by atoms with E-state index in [1.165, 1.54) is 24.3 Å². The maximum atomic E-state index is 12.9. The number of halogens is 7. The summed E-state index contributed by atoms with van der Waals surface area (Å²) in [5.41, 5.74) is 6.41. The number of hydrogen-bond acceptors (Lipinski definition) is 2. The maximum Gasteiger partial charge on any atom is 0.418 e. The molecule has 0 unspecified atom stereocenters. The van der Waals surface area contributed by atoms with Crippen molar-refractivity contribution in [3.8, 4) is 11.1 Å². The van der Waals surface area contributed by atoms with Gasteiger partial charge in [0.25, 0.3) is 0 Å². The first-order valence-corrected chi connectivity index (χ1v) is 5.94. The largest absolute Gasteiger partial charge is 0.418 e. The van der Waals surface area contributed by atoms with Crippen molar-refractivity contribution in [3.63, 3.8) is 0 Å². The van der Waals surface area contributed by atoms with Gasteiger partial charge in [0.15, 0.2) is 0 Å². The molecule has 0 spiro atoms. The van der Waals surface area contributed by atoms with Gasteiger partial charge in [0.1, 0.15) is 0 Å². The van der Waals surface area contributed by atoms with Crippen LogP contribution in [0.15, 0.2) is 36.4 Å². The summed E-state index contributed by atoms with van der Waals surface area (Å²) in [6.07, 6.45) is -9.98. The van der Waals surface area contributed by atoms with Gasteiger partial charge in [-0.25, -0.2) is 0 Å². The summed E-state index contributed by atoms with van der Waals surface area (Å²) in [5.74, 6) is 0. The zero-order valence-electron chi connectivity index (χ0n) is 11.3. The Balaban J connectivity index is 0.00000264. The highest BCUT2D eigenvalue weighted by Gasteiger charge is 2.40. The van der Waals surface area contributed by atoms with Gasteiger partial charge in [0, 0.05) is 5.69 Å². The van der Waals surface area contributed by atoms with E-state index in [0.717, 1.165) is 0 Å². The highest BCUT2D eigenvalue weighted by Crippen LogP contribution is 2.43. The number of rotatable bonds is 1. The molecule has 0 atom stereocenters. The van der Waals surface area contributed by atoms with Crippen LogP contribution in [-0.4, -0.2) is 0 Å². The van der Waals surface area contributed by atoms with Gasteiger partial charge in [0.2, 0.25) is 0 Å². The average Bonchev–Trinajstić information content (AvgIpc) is 2.37. The Morgan fingerprint density at radius 1 is 0.652 bits per heavy atom. The molecule has 0 fully saturated rings. The number of nitrogen functional groups attached to an aromatic ring is 2. The van der Waals surface area contributed by atoms with E-state index >= 15 is 0 Å². The minimum Gasteiger partial charge on any atom is -0.399 e. The Kier molecular flexibility index (Phi) is 5.10. The van der Waals surface area contributed by atoms with Crippen LogP contribution in [0.25, 0.3) is 11.1 Å². The predicted molar refractivity (Wildman–Crippen MR) is 78.0 cm³/mol. The Hall–Kier alpha value is -2.09. The molecule has 9 heteroatoms. The number of benzene rings is 2. The molecule has 126 valence electrons. The lowest BCUT2D eigenvalue weighted by Crippen LogP contribution is -2.16. The Morgan fingerprint density at radius 3 is 1.39 bits per heavy atom. The molecule has 2 aromatic rings. The molecule has 2 rings (SSSR count). The summed E-state index contributed by atoms with van der Waals surface area (Å²) in [6.45, 7) is 0. The van der Waals surface area contributed by atoms with Crippen LogP contribution in [0.2, 0.25) is 0 Å². The van der Waals surface area contributed by atoms with Crippen LogP contribution < -0.4 is 11.5 Å². The van der Waals surface area contributed by atoms with E-state index in [1.54, 1.807) is 0 Å². The van der Waals surface area contributed by atoms with Crippen molar-refractivity contribution in [2.75, 3.05) is 11.5 Å². The lowest BCUT2D eigenvalue weighted by atomic mass is 9.97. The van der Waals surface area contributed by atoms with Crippen LogP contribution in [0.5, 0.6) is 0 Å². The summed E-state index contributed by atoms with van der Waals surface area (Å²) in [5, 5.41) is 0. The quantitative estimate of drug-likeness (QED) is 0.559. The van der Waals surface area contributed by atoms with E-state index in [4.69, 9.17) is 11.5 Å². The summed E-state index contributed by atoms with van der Waals surface area (Å²) < 4.78 is 77.5. The molecule has 0 radical (unpaired) electrons. The van der Waals surface area contributed by atoms with Crippen molar-refractivity contribution in [3.05, 3.63) is 47.5 Å². The smallest absolute Gasteiger partial charge is 0.399 e. The molecule has 4 N–H and O–H groups in total. The first kappa shape index (κ1) is 19.0. The fourth-order valence-electron chi connectivity index (χ4n) is 1.96. The summed E-state index contributed by atoms with van der Waals surface area (Å²) in [7, 11) is 0. The van der Waals surface area contributed by atoms with Crippen molar-refractivity contribution in [1.29, 1.82) is 0 Å². The summed E-state index contributed by atoms with van der Waals surface area (Å²) in [4.78, 5) is 0. The molecule has 0 saturated carbocycles. The fraction of sp³-hybridized carbons (Fsp3) is 0.143. The van der Waals surface area contributed by atoms with Crippen LogP contribution >= 0.6 is 12.4 Å². The molecule has 23 heavy (non-hydrogen) atoms. The molecule has 2 aromatic carbocycles. The van der Waals surface area contributed by atoms with Gasteiger partial charge in [0.05, 0.1) is 16.8 Å². The van der Waals surface area contributed by atoms with Crippen molar-refractivity contribution in [2.45, 2.75) is 12.4 Å². The highest BCUT2D eigenvalue weighted by atomic mass is 35.5. The van der Waals surface area contributed by atoms with Gasteiger partial charge >= 0.3 is 12.4 Å². The average molecular weight is 357 g/mol. The normalized spacial score (nSPS) is 11.9. The highest BCUT2D eigenvalue weighted by molar-refractivity contribution is 5.85. The molecule has 0 amide bonds. The minimum atomic E-state index is -4.99. The van der Waals surface area contributed by atoms with Crippen molar-refractivity contribution >= 4 is 23.8 Å². The lowest BCUT2D eigenvalue weighted by Gasteiger charge is -2.18. The van der Waals surface area contributed by atoms with Crippen LogP contribution in [0.1, 0.15) is 11.1 Å². The van der Waals surface area contributed by atoms with E-state index in [2.05, 4.69) is 0 Å². The number of hydrogen-bond donors (Lipinski definition) is 2. The van der Waals surface area contributed by atoms with Crippen LogP contribution in [0, 0.1) is 0 Å². The predicted octanol–water partition coefficient (Wildman–Crippen LogP) is 4.98. The molecule has 0 saturated heterocycles. The minimum absolute atomic E-state index is 0. The van der Waals surface area contributed by atoms with E-state index < -0.39 is 29.2 Å². The molecule has 0 aromatic heterocycles. The Morgan fingerprint density at radius 2 is 1.04 bits per heavy atom. The summed E-state index contributed by atoms with van der Waals surface area (Å²) >= 11 is 0. The van der Waals surface area contributed by atoms with Gasteiger partial charge in [-0.2, -0.15) is 26.3 Å². The molecule has 0 aliphatic carbocycles. The van der Waals surface area contributed by atoms with E-state index in [0.29, 0.717) is 17.8 Å². The molecule has 2 nitrogen and oxygen atoms in total. The number of anilines is 2. The molecule has 0 aliphatic heterocycles. The van der Waals surface area contributed by atoms with Crippen molar-refractivity contribution in [2.24, 2.45) is 0 Å². The third-order valence-corrected chi connectivity index (χ3v) is 3.03. The van der Waals surface area contributed by atoms with Crippen molar-refractivity contribution in [1.82, 2.24) is 0 Å². The fourth-order valence-corrected chi connectivity index (χ4v) is 1.96. The topological polar surface area (TPSA) is 52.0 Å². The van der Waals surface area contributed by atoms with Crippen LogP contribution in [0.3, 0.4) is 0 Å². The van der Waals surface area contributed by atoms with E-state index in [9.17, 15) is 26.3 Å². The van der Waals surface area contributed by atoms with E-state index in [-0.39, 0.29) is 23.5 Å². The zero-order valence-corrected chi connectivity index (χ0v) is 12.1. The van der Waals surface area contributed by atoms with Crippen LogP contribution in [-0.2, 0) is 12.4 Å². The van der Waals surface area contributed by atoms with Gasteiger partial charge in [-0.3, -0.25) is 0 Å². The third kappa shape index (κ3) is 4.01. The monoisotopic (exact) mass is 356 g/mol. The van der Waals surface area contributed by atoms with Gasteiger partial charge < -0.3 is 11.5 Å². The maximum absolute atomic E-state index is 12.9. The summed E-state index contributed by atoms with van der Waals surface area (Å²) in [6, 6.07) is 6.62. The molecule has 0 heterocycles. The van der Waals surface area contributed by atoms with Crippen LogP contribution in [0.4, 0.5) is 37.7 Å². The third-order valence-electron chi connectivity index (χ3n) is 3.03. The molecular weight excluding hydrogens is 346 g/mol. The second-order valence-electron chi connectivity index (χ2n) is 4.60. The Labute approximate surface area is 133 Å². The number of alkyl halides is 6. The molecule has 0 bridgehead atoms. The van der Waals surface area contributed by atoms with E-state index in [1.807, 2.05) is 0 Å².